The third-order valence-electron chi connectivity index (χ3n) is 4.01. The fourth-order valence-electron chi connectivity index (χ4n) is 2.49. The summed E-state index contributed by atoms with van der Waals surface area (Å²) in [6, 6.07) is 14.2. The van der Waals surface area contributed by atoms with E-state index in [2.05, 4.69) is 10.2 Å². The molecular formula is C22H26N2O6. The molecule has 0 saturated heterocycles. The van der Waals surface area contributed by atoms with E-state index in [0.29, 0.717) is 17.1 Å². The predicted molar refractivity (Wildman–Crippen MR) is 110 cm³/mol. The van der Waals surface area contributed by atoms with Gasteiger partial charge in [0.25, 0.3) is 0 Å². The molecule has 0 N–H and O–H groups in total. The summed E-state index contributed by atoms with van der Waals surface area (Å²) in [6.07, 6.45) is 0.163. The predicted octanol–water partition coefficient (Wildman–Crippen LogP) is 4.62. The smallest absolute Gasteiger partial charge is 0.320 e. The molecule has 0 heterocycles. The van der Waals surface area contributed by atoms with Crippen LogP contribution in [-0.4, -0.2) is 38.9 Å². The molecule has 8 nitrogen and oxygen atoms in total. The van der Waals surface area contributed by atoms with Crippen molar-refractivity contribution in [2.45, 2.75) is 20.3 Å². The molecule has 0 aliphatic heterocycles. The normalized spacial score (nSPS) is 10.8. The van der Waals surface area contributed by atoms with Crippen molar-refractivity contribution < 1.29 is 28.5 Å². The van der Waals surface area contributed by atoms with Crippen molar-refractivity contribution in [1.82, 2.24) is 0 Å². The van der Waals surface area contributed by atoms with Gasteiger partial charge in [0.1, 0.15) is 11.5 Å². The summed E-state index contributed by atoms with van der Waals surface area (Å²) >= 11 is 0. The van der Waals surface area contributed by atoms with E-state index in [9.17, 15) is 9.59 Å². The first kappa shape index (κ1) is 22.9. The summed E-state index contributed by atoms with van der Waals surface area (Å²) in [5.74, 6) is -0.862. The first-order valence-corrected chi connectivity index (χ1v) is 9.69. The average Bonchev–Trinajstić information content (AvgIpc) is 2.76. The van der Waals surface area contributed by atoms with Crippen LogP contribution in [0.15, 0.2) is 58.8 Å². The molecule has 2 aromatic rings. The van der Waals surface area contributed by atoms with Crippen LogP contribution in [0, 0.1) is 5.92 Å². The van der Waals surface area contributed by atoms with Crippen molar-refractivity contribution in [2.75, 3.05) is 26.9 Å². The summed E-state index contributed by atoms with van der Waals surface area (Å²) in [5.41, 5.74) is 1.37. The fourth-order valence-corrected chi connectivity index (χ4v) is 2.49. The third kappa shape index (κ3) is 7.20. The van der Waals surface area contributed by atoms with Gasteiger partial charge < -0.3 is 18.9 Å². The van der Waals surface area contributed by atoms with Gasteiger partial charge in [-0.25, -0.2) is 0 Å². The van der Waals surface area contributed by atoms with Crippen LogP contribution < -0.4 is 9.47 Å². The van der Waals surface area contributed by atoms with Gasteiger partial charge in [0, 0.05) is 6.42 Å². The summed E-state index contributed by atoms with van der Waals surface area (Å²) < 4.78 is 20.6. The Labute approximate surface area is 175 Å². The summed E-state index contributed by atoms with van der Waals surface area (Å²) in [4.78, 5) is 23.9. The van der Waals surface area contributed by atoms with Crippen molar-refractivity contribution >= 4 is 23.3 Å². The molecular weight excluding hydrogens is 388 g/mol. The lowest BCUT2D eigenvalue weighted by Crippen LogP contribution is -2.29. The number of carbonyl (C=O) groups is 2. The molecule has 0 unspecified atom stereocenters. The molecule has 0 aliphatic rings. The molecule has 2 rings (SSSR count). The zero-order valence-corrected chi connectivity index (χ0v) is 17.4. The second-order valence-electron chi connectivity index (χ2n) is 6.09. The van der Waals surface area contributed by atoms with Gasteiger partial charge in [0.15, 0.2) is 5.92 Å². The minimum absolute atomic E-state index is 0.162. The van der Waals surface area contributed by atoms with E-state index in [1.165, 1.54) is 0 Å². The van der Waals surface area contributed by atoms with E-state index in [1.807, 2.05) is 24.3 Å². The Morgan fingerprint density at radius 2 is 1.27 bits per heavy atom. The maximum absolute atomic E-state index is 12.0. The molecule has 0 amide bonds. The fraction of sp³-hybridized carbons (Fsp3) is 0.364. The van der Waals surface area contributed by atoms with Crippen molar-refractivity contribution in [3.05, 3.63) is 48.5 Å². The van der Waals surface area contributed by atoms with Gasteiger partial charge in [-0.3, -0.25) is 9.59 Å². The Balaban J connectivity index is 1.88. The topological polar surface area (TPSA) is 95.8 Å². The van der Waals surface area contributed by atoms with Crippen LogP contribution in [0.2, 0.25) is 0 Å². The molecule has 0 spiro atoms. The molecule has 30 heavy (non-hydrogen) atoms. The van der Waals surface area contributed by atoms with Crippen molar-refractivity contribution in [1.29, 1.82) is 0 Å². The molecule has 0 saturated carbocycles. The van der Waals surface area contributed by atoms with Gasteiger partial charge in [0.05, 0.1) is 38.3 Å². The summed E-state index contributed by atoms with van der Waals surface area (Å²) in [7, 11) is 1.61. The van der Waals surface area contributed by atoms with Crippen LogP contribution in [0.4, 0.5) is 11.4 Å². The molecule has 160 valence electrons. The van der Waals surface area contributed by atoms with Crippen molar-refractivity contribution in [3.63, 3.8) is 0 Å². The molecule has 0 atom stereocenters. The van der Waals surface area contributed by atoms with Crippen molar-refractivity contribution in [3.8, 4) is 11.5 Å². The minimum atomic E-state index is -0.998. The molecule has 0 aliphatic carbocycles. The van der Waals surface area contributed by atoms with Gasteiger partial charge in [-0.15, -0.1) is 0 Å². The zero-order valence-electron chi connectivity index (χ0n) is 17.4. The lowest BCUT2D eigenvalue weighted by atomic mass is 10.1. The Hall–Kier alpha value is -3.42. The van der Waals surface area contributed by atoms with E-state index in [4.69, 9.17) is 18.9 Å². The van der Waals surface area contributed by atoms with E-state index in [-0.39, 0.29) is 26.2 Å². The second-order valence-corrected chi connectivity index (χ2v) is 6.09. The van der Waals surface area contributed by atoms with Gasteiger partial charge in [0.2, 0.25) is 0 Å². The maximum Gasteiger partial charge on any atom is 0.320 e. The minimum Gasteiger partial charge on any atom is -0.497 e. The number of hydrogen-bond acceptors (Lipinski definition) is 8. The summed E-state index contributed by atoms with van der Waals surface area (Å²) in [5, 5.41) is 8.34. The highest BCUT2D eigenvalue weighted by molar-refractivity contribution is 5.94. The summed E-state index contributed by atoms with van der Waals surface area (Å²) in [6.45, 7) is 3.92. The molecule has 0 aromatic heterocycles. The van der Waals surface area contributed by atoms with Crippen LogP contribution in [0.5, 0.6) is 11.5 Å². The average molecular weight is 414 g/mol. The molecule has 0 fully saturated rings. The number of azo groups is 1. The first-order chi connectivity index (χ1) is 14.6. The highest BCUT2D eigenvalue weighted by atomic mass is 16.6. The van der Waals surface area contributed by atoms with Gasteiger partial charge >= 0.3 is 11.9 Å². The van der Waals surface area contributed by atoms with Crippen LogP contribution >= 0.6 is 0 Å². The van der Waals surface area contributed by atoms with E-state index < -0.39 is 17.9 Å². The zero-order chi connectivity index (χ0) is 21.8. The van der Waals surface area contributed by atoms with Gasteiger partial charge in [-0.05, 0) is 62.4 Å². The monoisotopic (exact) mass is 414 g/mol. The van der Waals surface area contributed by atoms with Crippen LogP contribution in [0.1, 0.15) is 20.3 Å². The standard InChI is InChI=1S/C22H26N2O6/c1-4-28-21(25)20(22(26)29-5-2)14-15-30-19-12-8-17(9-13-19)24-23-16-6-10-18(27-3)11-7-16/h6-13,20H,4-5,14-15H2,1-3H3. The number of hydrogen-bond donors (Lipinski definition) is 0. The van der Waals surface area contributed by atoms with Crippen LogP contribution in [-0.2, 0) is 19.1 Å². The van der Waals surface area contributed by atoms with E-state index in [1.54, 1.807) is 45.2 Å². The quantitative estimate of drug-likeness (QED) is 0.302. The molecule has 2 aromatic carbocycles. The Morgan fingerprint density at radius 1 is 0.800 bits per heavy atom. The maximum atomic E-state index is 12.0. The number of esters is 2. The Bertz CT molecular complexity index is 816. The number of nitrogens with zero attached hydrogens (tertiary/aromatic N) is 2. The number of methoxy groups -OCH3 is 1. The second kappa shape index (κ2) is 12.2. The largest absolute Gasteiger partial charge is 0.497 e. The van der Waals surface area contributed by atoms with Gasteiger partial charge in [-0.1, -0.05) is 0 Å². The SMILES string of the molecule is CCOC(=O)C(CCOc1ccc(N=Nc2ccc(OC)cc2)cc1)C(=O)OCC. The molecule has 8 heteroatoms. The van der Waals surface area contributed by atoms with Crippen LogP contribution in [0.3, 0.4) is 0 Å². The number of carbonyl (C=O) groups excluding carboxylic acids is 2. The van der Waals surface area contributed by atoms with E-state index in [0.717, 1.165) is 5.75 Å². The molecule has 0 bridgehead atoms. The number of rotatable bonds is 11. The number of benzene rings is 2. The van der Waals surface area contributed by atoms with Gasteiger partial charge in [-0.2, -0.15) is 10.2 Å². The third-order valence-corrected chi connectivity index (χ3v) is 4.01. The lowest BCUT2D eigenvalue weighted by molar-refractivity contribution is -0.162. The Kier molecular flexibility index (Phi) is 9.30. The number of ether oxygens (including phenoxy) is 4. The highest BCUT2D eigenvalue weighted by Gasteiger charge is 2.29. The van der Waals surface area contributed by atoms with E-state index >= 15 is 0 Å². The lowest BCUT2D eigenvalue weighted by Gasteiger charge is -2.14. The Morgan fingerprint density at radius 3 is 1.70 bits per heavy atom. The molecule has 0 radical (unpaired) electrons. The highest BCUT2D eigenvalue weighted by Crippen LogP contribution is 2.23. The van der Waals surface area contributed by atoms with Crippen LogP contribution in [0.25, 0.3) is 0 Å². The first-order valence-electron chi connectivity index (χ1n) is 9.69. The van der Waals surface area contributed by atoms with Crippen molar-refractivity contribution in [2.24, 2.45) is 16.1 Å².